The van der Waals surface area contributed by atoms with Crippen LogP contribution in [0, 0.1) is 0 Å². The summed E-state index contributed by atoms with van der Waals surface area (Å²) in [5, 5.41) is 2.44. The van der Waals surface area contributed by atoms with Crippen molar-refractivity contribution in [3.05, 3.63) is 42.5 Å². The Kier molecular flexibility index (Phi) is 5.03. The van der Waals surface area contributed by atoms with Gasteiger partial charge in [0.25, 0.3) is 0 Å². The number of anilines is 1. The van der Waals surface area contributed by atoms with Crippen LogP contribution in [0.5, 0.6) is 0 Å². The third kappa shape index (κ3) is 2.71. The van der Waals surface area contributed by atoms with E-state index in [1.807, 2.05) is 30.3 Å². The van der Waals surface area contributed by atoms with Gasteiger partial charge in [-0.25, -0.2) is 0 Å². The van der Waals surface area contributed by atoms with Crippen LogP contribution < -0.4 is 5.73 Å². The normalized spacial score (nSPS) is 8.62. The molecule has 0 aromatic heterocycles. The van der Waals surface area contributed by atoms with Crippen LogP contribution in [0.15, 0.2) is 42.5 Å². The van der Waals surface area contributed by atoms with Crippen molar-refractivity contribution in [2.75, 3.05) is 5.73 Å². The monoisotopic (exact) mass is 303 g/mol. The number of fused-ring (bicyclic) bond motifs is 1. The van der Waals surface area contributed by atoms with Crippen molar-refractivity contribution in [3.63, 3.8) is 0 Å². The lowest BCUT2D eigenvalue weighted by atomic mass is 10.1. The maximum atomic E-state index is 5.62. The summed E-state index contributed by atoms with van der Waals surface area (Å²) in [6.07, 6.45) is 0. The molecule has 0 saturated carbocycles. The van der Waals surface area contributed by atoms with Crippen molar-refractivity contribution in [2.24, 2.45) is 0 Å². The number of hydrogen-bond donors (Lipinski definition) is 1. The number of nitrogen functional groups attached to an aromatic ring is 1. The molecule has 2 aromatic rings. The van der Waals surface area contributed by atoms with Gasteiger partial charge in [0.1, 0.15) is 0 Å². The molecule has 0 aliphatic carbocycles. The highest BCUT2D eigenvalue weighted by atomic mass is 79.9. The molecule has 3 heteroatoms. The average Bonchev–Trinajstić information content (AvgIpc) is 2.04. The van der Waals surface area contributed by atoms with Crippen LogP contribution in [0.3, 0.4) is 0 Å². The van der Waals surface area contributed by atoms with Gasteiger partial charge in [-0.15, -0.1) is 34.0 Å². The van der Waals surface area contributed by atoms with Gasteiger partial charge in [0.05, 0.1) is 0 Å². The number of nitrogens with two attached hydrogens (primary N) is 1. The number of rotatable bonds is 0. The minimum Gasteiger partial charge on any atom is -0.399 e. The van der Waals surface area contributed by atoms with E-state index in [4.69, 9.17) is 5.73 Å². The van der Waals surface area contributed by atoms with E-state index in [0.29, 0.717) is 0 Å². The molecule has 0 spiro atoms. The van der Waals surface area contributed by atoms with E-state index in [1.54, 1.807) is 0 Å². The van der Waals surface area contributed by atoms with Gasteiger partial charge in [-0.2, -0.15) is 0 Å². The van der Waals surface area contributed by atoms with Crippen LogP contribution in [-0.2, 0) is 0 Å². The Hall–Kier alpha value is -0.540. The van der Waals surface area contributed by atoms with Gasteiger partial charge >= 0.3 is 0 Å². The van der Waals surface area contributed by atoms with Gasteiger partial charge < -0.3 is 5.73 Å². The highest BCUT2D eigenvalue weighted by Crippen LogP contribution is 2.15. The maximum Gasteiger partial charge on any atom is 0.0320 e. The van der Waals surface area contributed by atoms with Crippen LogP contribution >= 0.6 is 34.0 Å². The topological polar surface area (TPSA) is 26.0 Å². The Bertz CT molecular complexity index is 387. The molecule has 2 rings (SSSR count). The molecule has 0 radical (unpaired) electrons. The molecule has 0 heterocycles. The predicted octanol–water partition coefficient (Wildman–Crippen LogP) is 3.58. The summed E-state index contributed by atoms with van der Waals surface area (Å²) in [4.78, 5) is 0. The summed E-state index contributed by atoms with van der Waals surface area (Å²) >= 11 is 0. The molecule has 2 N–H and O–H groups in total. The van der Waals surface area contributed by atoms with E-state index in [0.717, 1.165) is 5.69 Å². The largest absolute Gasteiger partial charge is 0.399 e. The fourth-order valence-electron chi connectivity index (χ4n) is 1.21. The number of halogens is 2. The second-order valence-corrected chi connectivity index (χ2v) is 2.61. The van der Waals surface area contributed by atoms with Gasteiger partial charge in [-0.05, 0) is 22.9 Å². The second-order valence-electron chi connectivity index (χ2n) is 2.61. The van der Waals surface area contributed by atoms with E-state index < -0.39 is 0 Å². The molecular weight excluding hydrogens is 294 g/mol. The molecule has 0 amide bonds. The van der Waals surface area contributed by atoms with Gasteiger partial charge in [-0.3, -0.25) is 0 Å². The minimum atomic E-state index is 0. The van der Waals surface area contributed by atoms with E-state index in [9.17, 15) is 0 Å². The highest BCUT2D eigenvalue weighted by molar-refractivity contribution is 8.93. The first-order valence-electron chi connectivity index (χ1n) is 3.60. The zero-order valence-corrected chi connectivity index (χ0v) is 10.4. The maximum absolute atomic E-state index is 5.62. The summed E-state index contributed by atoms with van der Waals surface area (Å²) in [6, 6.07) is 14.1. The summed E-state index contributed by atoms with van der Waals surface area (Å²) < 4.78 is 0. The lowest BCUT2D eigenvalue weighted by molar-refractivity contribution is 1.73. The molecule has 0 atom stereocenters. The summed E-state index contributed by atoms with van der Waals surface area (Å²) in [5.74, 6) is 0. The molecular formula is C10H11Br2N. The Morgan fingerprint density at radius 1 is 0.769 bits per heavy atom. The fraction of sp³-hybridized carbons (Fsp3) is 0. The minimum absolute atomic E-state index is 0. The van der Waals surface area contributed by atoms with Gasteiger partial charge in [-0.1, -0.05) is 30.3 Å². The number of benzene rings is 2. The Balaban J connectivity index is 0.000000720. The molecule has 0 fully saturated rings. The zero-order chi connectivity index (χ0) is 7.68. The quantitative estimate of drug-likeness (QED) is 0.740. The van der Waals surface area contributed by atoms with Crippen molar-refractivity contribution in [1.29, 1.82) is 0 Å². The molecule has 0 aliphatic rings. The summed E-state index contributed by atoms with van der Waals surface area (Å²) in [6.45, 7) is 0. The Labute approximate surface area is 98.5 Å². The van der Waals surface area contributed by atoms with Crippen LogP contribution in [0.2, 0.25) is 0 Å². The van der Waals surface area contributed by atoms with E-state index >= 15 is 0 Å². The summed E-state index contributed by atoms with van der Waals surface area (Å²) in [7, 11) is 0. The van der Waals surface area contributed by atoms with Gasteiger partial charge in [0.15, 0.2) is 0 Å². The molecule has 0 unspecified atom stereocenters. The molecule has 0 aliphatic heterocycles. The second kappa shape index (κ2) is 5.25. The lowest BCUT2D eigenvalue weighted by Crippen LogP contribution is -1.82. The van der Waals surface area contributed by atoms with Crippen LogP contribution in [-0.4, -0.2) is 0 Å². The number of hydrogen-bond acceptors (Lipinski definition) is 1. The van der Waals surface area contributed by atoms with Crippen LogP contribution in [0.25, 0.3) is 10.8 Å². The van der Waals surface area contributed by atoms with E-state index in [2.05, 4.69) is 12.1 Å². The molecule has 1 nitrogen and oxygen atoms in total. The first-order chi connectivity index (χ1) is 5.36. The van der Waals surface area contributed by atoms with E-state index in [1.165, 1.54) is 10.8 Å². The third-order valence-corrected chi connectivity index (χ3v) is 1.77. The zero-order valence-electron chi connectivity index (χ0n) is 6.94. The van der Waals surface area contributed by atoms with Crippen molar-refractivity contribution in [1.82, 2.24) is 0 Å². The van der Waals surface area contributed by atoms with Crippen molar-refractivity contribution in [3.8, 4) is 0 Å². The average molecular weight is 305 g/mol. The predicted molar refractivity (Wildman–Crippen MR) is 69.0 cm³/mol. The van der Waals surface area contributed by atoms with Crippen LogP contribution in [0.1, 0.15) is 0 Å². The Morgan fingerprint density at radius 2 is 1.38 bits per heavy atom. The molecule has 0 bridgehead atoms. The Morgan fingerprint density at radius 3 is 2.08 bits per heavy atom. The fourth-order valence-corrected chi connectivity index (χ4v) is 1.21. The molecule has 0 saturated heterocycles. The third-order valence-electron chi connectivity index (χ3n) is 1.77. The highest BCUT2D eigenvalue weighted by Gasteiger charge is 1.89. The first-order valence-corrected chi connectivity index (χ1v) is 3.60. The van der Waals surface area contributed by atoms with Crippen molar-refractivity contribution < 1.29 is 0 Å². The van der Waals surface area contributed by atoms with E-state index in [-0.39, 0.29) is 34.0 Å². The van der Waals surface area contributed by atoms with Crippen molar-refractivity contribution >= 4 is 50.4 Å². The van der Waals surface area contributed by atoms with Crippen molar-refractivity contribution in [2.45, 2.75) is 0 Å². The van der Waals surface area contributed by atoms with Crippen LogP contribution in [0.4, 0.5) is 5.69 Å². The smallest absolute Gasteiger partial charge is 0.0320 e. The first kappa shape index (κ1) is 12.5. The summed E-state index contributed by atoms with van der Waals surface area (Å²) in [5.41, 5.74) is 6.45. The molecule has 2 aromatic carbocycles. The molecule has 13 heavy (non-hydrogen) atoms. The van der Waals surface area contributed by atoms with Gasteiger partial charge in [0.2, 0.25) is 0 Å². The van der Waals surface area contributed by atoms with Gasteiger partial charge in [0, 0.05) is 5.69 Å². The lowest BCUT2D eigenvalue weighted by Gasteiger charge is -1.96. The molecule has 70 valence electrons. The standard InChI is InChI=1S/C10H9N.2BrH/c11-10-6-5-8-3-1-2-4-9(8)7-10;;/h1-7H,11H2;2*1H. The SMILES string of the molecule is Br.Br.Nc1ccc2ccccc2c1.